The van der Waals surface area contributed by atoms with Gasteiger partial charge in [0.25, 0.3) is 0 Å². The summed E-state index contributed by atoms with van der Waals surface area (Å²) in [6.07, 6.45) is 15.7. The molecule has 0 aromatic heterocycles. The van der Waals surface area contributed by atoms with E-state index in [0.29, 0.717) is 11.5 Å². The Hall–Kier alpha value is -1.60. The Bertz CT molecular complexity index is 650. The van der Waals surface area contributed by atoms with Gasteiger partial charge in [-0.05, 0) is 66.8 Å². The molecule has 0 heterocycles. The quantitative estimate of drug-likeness (QED) is 0.808. The van der Waals surface area contributed by atoms with E-state index in [9.17, 15) is 0 Å². The zero-order valence-electron chi connectivity index (χ0n) is 12.7. The number of nitrogens with one attached hydrogen (secondary N) is 1. The summed E-state index contributed by atoms with van der Waals surface area (Å²) in [6, 6.07) is 9.64. The third kappa shape index (κ3) is 2.20. The molecule has 1 nitrogen and oxygen atoms in total. The van der Waals surface area contributed by atoms with Crippen molar-refractivity contribution in [3.8, 4) is 0 Å². The Balaban J connectivity index is 1.74. The molecule has 1 spiro atoms. The molecular formula is C20H23N. The zero-order chi connectivity index (χ0) is 14.3. The molecule has 1 saturated carbocycles. The van der Waals surface area contributed by atoms with Crippen molar-refractivity contribution in [3.05, 3.63) is 65.3 Å². The van der Waals surface area contributed by atoms with Gasteiger partial charge in [-0.15, -0.1) is 0 Å². The predicted molar refractivity (Wildman–Crippen MR) is 89.1 cm³/mol. The minimum absolute atomic E-state index is 0.387. The van der Waals surface area contributed by atoms with Crippen molar-refractivity contribution in [1.82, 2.24) is 5.32 Å². The average Bonchev–Trinajstić information content (AvgIpc) is 2.83. The van der Waals surface area contributed by atoms with Gasteiger partial charge in [0.15, 0.2) is 0 Å². The van der Waals surface area contributed by atoms with E-state index in [1.165, 1.54) is 42.4 Å². The van der Waals surface area contributed by atoms with Gasteiger partial charge in [0, 0.05) is 6.04 Å². The Kier molecular flexibility index (Phi) is 3.11. The van der Waals surface area contributed by atoms with Crippen molar-refractivity contribution >= 4 is 5.57 Å². The van der Waals surface area contributed by atoms with Gasteiger partial charge in [-0.1, -0.05) is 48.6 Å². The Labute approximate surface area is 127 Å². The fourth-order valence-electron chi connectivity index (χ4n) is 4.31. The van der Waals surface area contributed by atoms with E-state index in [-0.39, 0.29) is 0 Å². The first-order valence-corrected chi connectivity index (χ1v) is 8.14. The van der Waals surface area contributed by atoms with Gasteiger partial charge in [0.05, 0.1) is 0 Å². The minimum atomic E-state index is 0.387. The number of hydrogen-bond donors (Lipinski definition) is 1. The normalized spacial score (nSPS) is 30.4. The van der Waals surface area contributed by atoms with E-state index >= 15 is 0 Å². The summed E-state index contributed by atoms with van der Waals surface area (Å²) in [5.41, 5.74) is 6.34. The van der Waals surface area contributed by atoms with Crippen LogP contribution in [0.2, 0.25) is 0 Å². The lowest BCUT2D eigenvalue weighted by Crippen LogP contribution is -2.25. The molecule has 1 aromatic rings. The monoisotopic (exact) mass is 277 g/mol. The summed E-state index contributed by atoms with van der Waals surface area (Å²) in [5, 5.41) is 3.48. The molecule has 0 radical (unpaired) electrons. The molecule has 0 bridgehead atoms. The molecule has 0 saturated heterocycles. The van der Waals surface area contributed by atoms with Gasteiger partial charge in [0.2, 0.25) is 0 Å². The number of fused-ring (bicyclic) bond motifs is 2. The number of benzene rings is 1. The second-order valence-corrected chi connectivity index (χ2v) is 6.80. The van der Waals surface area contributed by atoms with E-state index in [0.717, 1.165) is 6.42 Å². The van der Waals surface area contributed by atoms with Crippen molar-refractivity contribution < 1.29 is 0 Å². The van der Waals surface area contributed by atoms with Crippen LogP contribution in [0.3, 0.4) is 0 Å². The first-order chi connectivity index (χ1) is 10.3. The maximum atomic E-state index is 3.48. The highest BCUT2D eigenvalue weighted by atomic mass is 14.9. The van der Waals surface area contributed by atoms with Crippen molar-refractivity contribution in [2.75, 3.05) is 7.05 Å². The summed E-state index contributed by atoms with van der Waals surface area (Å²) in [6.45, 7) is 0. The molecule has 1 aromatic carbocycles. The first kappa shape index (κ1) is 13.1. The van der Waals surface area contributed by atoms with Crippen LogP contribution in [0.4, 0.5) is 0 Å². The van der Waals surface area contributed by atoms with Gasteiger partial charge < -0.3 is 5.32 Å². The topological polar surface area (TPSA) is 12.0 Å². The maximum absolute atomic E-state index is 3.48. The van der Waals surface area contributed by atoms with Crippen LogP contribution in [0, 0.1) is 5.41 Å². The van der Waals surface area contributed by atoms with Gasteiger partial charge in [-0.3, -0.25) is 0 Å². The molecule has 0 amide bonds. The van der Waals surface area contributed by atoms with Crippen molar-refractivity contribution in [2.24, 2.45) is 5.41 Å². The number of hydrogen-bond acceptors (Lipinski definition) is 1. The standard InChI is InChI=1S/C20H23N/c1-21-17-10-12-20(13-17)11-9-16-7-4-6-15-5-2-3-8-18(15)19(16)14-20/h2-5,7-9,11,17,21H,6,10,12-14H2,1H3. The minimum Gasteiger partial charge on any atom is -0.317 e. The average molecular weight is 277 g/mol. The summed E-state index contributed by atoms with van der Waals surface area (Å²) < 4.78 is 0. The van der Waals surface area contributed by atoms with Crippen LogP contribution in [-0.4, -0.2) is 13.1 Å². The predicted octanol–water partition coefficient (Wildman–Crippen LogP) is 4.27. The summed E-state index contributed by atoms with van der Waals surface area (Å²) >= 11 is 0. The lowest BCUT2D eigenvalue weighted by Gasteiger charge is -2.32. The third-order valence-electron chi connectivity index (χ3n) is 5.52. The highest BCUT2D eigenvalue weighted by molar-refractivity contribution is 5.78. The number of rotatable bonds is 1. The van der Waals surface area contributed by atoms with Crippen LogP contribution < -0.4 is 5.32 Å². The van der Waals surface area contributed by atoms with Crippen LogP contribution in [0.5, 0.6) is 0 Å². The van der Waals surface area contributed by atoms with E-state index < -0.39 is 0 Å². The maximum Gasteiger partial charge on any atom is 0.00727 e. The van der Waals surface area contributed by atoms with E-state index in [2.05, 4.69) is 60.9 Å². The largest absolute Gasteiger partial charge is 0.317 e. The Morgan fingerprint density at radius 2 is 2.10 bits per heavy atom. The van der Waals surface area contributed by atoms with Crippen LogP contribution >= 0.6 is 0 Å². The van der Waals surface area contributed by atoms with Gasteiger partial charge in [-0.2, -0.15) is 0 Å². The van der Waals surface area contributed by atoms with Crippen LogP contribution in [0.15, 0.2) is 54.1 Å². The fourth-order valence-corrected chi connectivity index (χ4v) is 4.31. The van der Waals surface area contributed by atoms with Crippen LogP contribution in [0.1, 0.15) is 36.8 Å². The summed E-state index contributed by atoms with van der Waals surface area (Å²) in [5.74, 6) is 0. The lowest BCUT2D eigenvalue weighted by atomic mass is 9.73. The molecule has 2 atom stereocenters. The second-order valence-electron chi connectivity index (χ2n) is 6.80. The fraction of sp³-hybridized carbons (Fsp3) is 0.400. The first-order valence-electron chi connectivity index (χ1n) is 8.14. The highest BCUT2D eigenvalue weighted by Crippen LogP contribution is 2.50. The molecule has 1 N–H and O–H groups in total. The third-order valence-corrected chi connectivity index (χ3v) is 5.52. The molecule has 2 unspecified atom stereocenters. The van der Waals surface area contributed by atoms with Crippen molar-refractivity contribution in [3.63, 3.8) is 0 Å². The van der Waals surface area contributed by atoms with Crippen LogP contribution in [0.25, 0.3) is 5.57 Å². The van der Waals surface area contributed by atoms with Crippen LogP contribution in [-0.2, 0) is 6.42 Å². The molecule has 1 heteroatoms. The lowest BCUT2D eigenvalue weighted by molar-refractivity contribution is 0.389. The van der Waals surface area contributed by atoms with Gasteiger partial charge in [0.1, 0.15) is 0 Å². The van der Waals surface area contributed by atoms with E-state index in [1.807, 2.05) is 0 Å². The molecule has 3 aliphatic carbocycles. The van der Waals surface area contributed by atoms with Crippen molar-refractivity contribution in [1.29, 1.82) is 0 Å². The Morgan fingerprint density at radius 1 is 1.19 bits per heavy atom. The molecule has 3 aliphatic rings. The molecule has 21 heavy (non-hydrogen) atoms. The second kappa shape index (κ2) is 4.99. The molecule has 0 aliphatic heterocycles. The molecular weight excluding hydrogens is 254 g/mol. The van der Waals surface area contributed by atoms with E-state index in [4.69, 9.17) is 0 Å². The highest BCUT2D eigenvalue weighted by Gasteiger charge is 2.39. The zero-order valence-corrected chi connectivity index (χ0v) is 12.7. The van der Waals surface area contributed by atoms with Gasteiger partial charge >= 0.3 is 0 Å². The molecule has 108 valence electrons. The number of allylic oxidation sites excluding steroid dienone is 6. The Morgan fingerprint density at radius 3 is 2.95 bits per heavy atom. The smallest absolute Gasteiger partial charge is 0.00727 e. The molecule has 1 fully saturated rings. The molecule has 4 rings (SSSR count). The summed E-state index contributed by atoms with van der Waals surface area (Å²) in [7, 11) is 2.10. The van der Waals surface area contributed by atoms with E-state index in [1.54, 1.807) is 5.57 Å². The van der Waals surface area contributed by atoms with Gasteiger partial charge in [-0.25, -0.2) is 0 Å². The van der Waals surface area contributed by atoms with Crippen molar-refractivity contribution in [2.45, 2.75) is 38.1 Å². The SMILES string of the molecule is CNC1CCC2(C=CC3=C(C2)c2ccccc2CC=C3)C1. The summed E-state index contributed by atoms with van der Waals surface area (Å²) in [4.78, 5) is 0.